The lowest BCUT2D eigenvalue weighted by molar-refractivity contribution is -0.190. The minimum absolute atomic E-state index is 0.193. The van der Waals surface area contributed by atoms with Crippen LogP contribution in [0.5, 0.6) is 5.75 Å². The molecule has 0 bridgehead atoms. The average molecular weight is 564 g/mol. The molecular weight excluding hydrogens is 539 g/mol. The van der Waals surface area contributed by atoms with E-state index in [1.54, 1.807) is 32.4 Å². The van der Waals surface area contributed by atoms with Gasteiger partial charge in [-0.3, -0.25) is 9.59 Å². The van der Waals surface area contributed by atoms with Gasteiger partial charge in [-0.1, -0.05) is 0 Å². The van der Waals surface area contributed by atoms with Gasteiger partial charge >= 0.3 is 6.18 Å². The molecule has 2 aromatic heterocycles. The largest absolute Gasteiger partial charge is 0.481 e. The smallest absolute Gasteiger partial charge is 0.451 e. The molecule has 10 nitrogen and oxygen atoms in total. The number of anilines is 1. The lowest BCUT2D eigenvalue weighted by atomic mass is 9.98. The standard InChI is InChI=1S/C25H24F3N5O5S/c1-13-6-29-22(39-13)17-4-15(21(35)32-14(2)16-7-30-23(31-8-16)25(26,27)28)5-18-20(17)38-9-19(34)33(18)10-24(36-3)11-37-12-24/h4-8,14H,9-12H2,1-3H3,(H,32,35). The number of hydrogen-bond acceptors (Lipinski definition) is 9. The molecule has 14 heteroatoms. The van der Waals surface area contributed by atoms with Gasteiger partial charge in [-0.05, 0) is 26.0 Å². The van der Waals surface area contributed by atoms with Crippen LogP contribution in [0, 0.1) is 6.92 Å². The number of ether oxygens (including phenoxy) is 3. The van der Waals surface area contributed by atoms with Crippen molar-refractivity contribution in [3.05, 3.63) is 52.6 Å². The van der Waals surface area contributed by atoms with Crippen LogP contribution in [0.2, 0.25) is 0 Å². The molecule has 0 radical (unpaired) electrons. The number of amides is 2. The van der Waals surface area contributed by atoms with Crippen LogP contribution in [-0.2, 0) is 20.4 Å². The highest BCUT2D eigenvalue weighted by Crippen LogP contribution is 2.44. The number of aromatic nitrogens is 3. The van der Waals surface area contributed by atoms with Crippen LogP contribution in [0.4, 0.5) is 18.9 Å². The number of carbonyl (C=O) groups is 2. The van der Waals surface area contributed by atoms with Crippen LogP contribution < -0.4 is 15.0 Å². The minimum Gasteiger partial charge on any atom is -0.481 e. The van der Waals surface area contributed by atoms with Crippen molar-refractivity contribution in [1.82, 2.24) is 20.3 Å². The van der Waals surface area contributed by atoms with Gasteiger partial charge in [-0.25, -0.2) is 15.0 Å². The van der Waals surface area contributed by atoms with E-state index in [1.165, 1.54) is 16.2 Å². The van der Waals surface area contributed by atoms with Crippen molar-refractivity contribution in [1.29, 1.82) is 0 Å². The second-order valence-corrected chi connectivity index (χ2v) is 10.6. The average Bonchev–Trinajstić information content (AvgIpc) is 3.32. The zero-order chi connectivity index (χ0) is 27.9. The molecule has 0 spiro atoms. The second kappa shape index (κ2) is 10.2. The lowest BCUT2D eigenvalue weighted by Gasteiger charge is -2.44. The summed E-state index contributed by atoms with van der Waals surface area (Å²) in [5.41, 5.74) is 0.733. The Hall–Kier alpha value is -3.62. The number of halogens is 3. The summed E-state index contributed by atoms with van der Waals surface area (Å²) in [6, 6.07) is 2.46. The molecule has 3 aromatic rings. The summed E-state index contributed by atoms with van der Waals surface area (Å²) in [7, 11) is 1.55. The van der Waals surface area contributed by atoms with Crippen molar-refractivity contribution in [2.75, 3.05) is 38.4 Å². The van der Waals surface area contributed by atoms with E-state index in [0.29, 0.717) is 35.2 Å². The van der Waals surface area contributed by atoms with Gasteiger partial charge < -0.3 is 24.4 Å². The zero-order valence-electron chi connectivity index (χ0n) is 21.2. The van der Waals surface area contributed by atoms with E-state index < -0.39 is 29.6 Å². The van der Waals surface area contributed by atoms with Gasteiger partial charge in [-0.15, -0.1) is 11.3 Å². The van der Waals surface area contributed by atoms with Crippen molar-refractivity contribution < 1.29 is 37.0 Å². The molecule has 4 heterocycles. The molecule has 0 saturated carbocycles. The SMILES string of the molecule is COC1(CN2C(=O)COc3c(-c4ncc(C)s4)cc(C(=O)NC(C)c4cnc(C(F)(F)F)nc4)cc32)COC1. The number of hydrogen-bond donors (Lipinski definition) is 1. The summed E-state index contributed by atoms with van der Waals surface area (Å²) in [5.74, 6) is -1.68. The first-order chi connectivity index (χ1) is 18.5. The third-order valence-corrected chi connectivity index (χ3v) is 7.44. The van der Waals surface area contributed by atoms with Crippen molar-refractivity contribution in [3.8, 4) is 16.3 Å². The Morgan fingerprint density at radius 2 is 1.95 bits per heavy atom. The number of thiazole rings is 1. The molecule has 1 unspecified atom stereocenters. The summed E-state index contributed by atoms with van der Waals surface area (Å²) in [6.45, 7) is 4.13. The van der Waals surface area contributed by atoms with Gasteiger partial charge in [0.05, 0.1) is 37.1 Å². The van der Waals surface area contributed by atoms with Crippen molar-refractivity contribution in [2.45, 2.75) is 31.7 Å². The lowest BCUT2D eigenvalue weighted by Crippen LogP contribution is -2.60. The number of aryl methyl sites for hydroxylation is 1. The number of rotatable bonds is 7. The van der Waals surface area contributed by atoms with Crippen LogP contribution in [0.1, 0.15) is 39.6 Å². The Bertz CT molecular complexity index is 1400. The first kappa shape index (κ1) is 27.0. The molecule has 2 aliphatic rings. The third kappa shape index (κ3) is 5.31. The highest BCUT2D eigenvalue weighted by molar-refractivity contribution is 7.15. The predicted molar refractivity (Wildman–Crippen MR) is 134 cm³/mol. The van der Waals surface area contributed by atoms with Gasteiger partial charge in [0.15, 0.2) is 12.4 Å². The molecular formula is C25H24F3N5O5S. The highest BCUT2D eigenvalue weighted by atomic mass is 32.1. The van der Waals surface area contributed by atoms with Crippen LogP contribution in [0.15, 0.2) is 30.7 Å². The number of fused-ring (bicyclic) bond motifs is 1. The Labute approximate surface area is 225 Å². The van der Waals surface area contributed by atoms with E-state index in [0.717, 1.165) is 17.3 Å². The zero-order valence-corrected chi connectivity index (χ0v) is 22.0. The number of carbonyl (C=O) groups excluding carboxylic acids is 2. The summed E-state index contributed by atoms with van der Waals surface area (Å²) in [6.07, 6.45) is -0.923. The Morgan fingerprint density at radius 1 is 1.23 bits per heavy atom. The summed E-state index contributed by atoms with van der Waals surface area (Å²) < 4.78 is 55.3. The molecule has 39 heavy (non-hydrogen) atoms. The van der Waals surface area contributed by atoms with Crippen LogP contribution in [0.25, 0.3) is 10.6 Å². The normalized spacial score (nSPS) is 17.2. The van der Waals surface area contributed by atoms with Gasteiger partial charge in [-0.2, -0.15) is 13.2 Å². The second-order valence-electron chi connectivity index (χ2n) is 9.33. The quantitative estimate of drug-likeness (QED) is 0.464. The number of methoxy groups -OCH3 is 1. The molecule has 1 atom stereocenters. The topological polar surface area (TPSA) is 116 Å². The van der Waals surface area contributed by atoms with E-state index in [1.807, 2.05) is 6.92 Å². The van der Waals surface area contributed by atoms with Gasteiger partial charge in [0.25, 0.3) is 11.8 Å². The number of nitrogens with one attached hydrogen (secondary N) is 1. The summed E-state index contributed by atoms with van der Waals surface area (Å²) in [4.78, 5) is 40.0. The van der Waals surface area contributed by atoms with Crippen molar-refractivity contribution in [3.63, 3.8) is 0 Å². The molecule has 1 N–H and O–H groups in total. The van der Waals surface area contributed by atoms with Crippen LogP contribution in [0.3, 0.4) is 0 Å². The fourth-order valence-electron chi connectivity index (χ4n) is 4.22. The first-order valence-corrected chi connectivity index (χ1v) is 12.7. The third-order valence-electron chi connectivity index (χ3n) is 6.50. The molecule has 1 aromatic carbocycles. The van der Waals surface area contributed by atoms with E-state index in [4.69, 9.17) is 14.2 Å². The molecule has 1 fully saturated rings. The monoisotopic (exact) mass is 563 g/mol. The summed E-state index contributed by atoms with van der Waals surface area (Å²) >= 11 is 1.40. The molecule has 206 valence electrons. The molecule has 5 rings (SSSR count). The maximum Gasteiger partial charge on any atom is 0.451 e. The first-order valence-electron chi connectivity index (χ1n) is 11.9. The van der Waals surface area contributed by atoms with E-state index in [-0.39, 0.29) is 30.2 Å². The van der Waals surface area contributed by atoms with Gasteiger partial charge in [0, 0.05) is 41.7 Å². The molecule has 1 saturated heterocycles. The number of nitrogens with zero attached hydrogens (tertiary/aromatic N) is 4. The Morgan fingerprint density at radius 3 is 2.51 bits per heavy atom. The van der Waals surface area contributed by atoms with E-state index >= 15 is 0 Å². The summed E-state index contributed by atoms with van der Waals surface area (Å²) in [5, 5.41) is 3.37. The number of benzene rings is 1. The molecule has 0 aliphatic carbocycles. The molecule has 2 amide bonds. The van der Waals surface area contributed by atoms with Gasteiger partial charge in [0.2, 0.25) is 5.82 Å². The molecule has 2 aliphatic heterocycles. The minimum atomic E-state index is -4.67. The fourth-order valence-corrected chi connectivity index (χ4v) is 4.99. The van der Waals surface area contributed by atoms with E-state index in [2.05, 4.69) is 20.3 Å². The number of alkyl halides is 3. The van der Waals surface area contributed by atoms with Crippen LogP contribution >= 0.6 is 11.3 Å². The van der Waals surface area contributed by atoms with Crippen molar-refractivity contribution >= 4 is 28.8 Å². The highest BCUT2D eigenvalue weighted by Gasteiger charge is 2.44. The Kier molecular flexibility index (Phi) is 7.03. The maximum absolute atomic E-state index is 13.4. The predicted octanol–water partition coefficient (Wildman–Crippen LogP) is 3.56. The Balaban J connectivity index is 1.49. The van der Waals surface area contributed by atoms with Crippen LogP contribution in [-0.4, -0.2) is 65.8 Å². The maximum atomic E-state index is 13.4. The van der Waals surface area contributed by atoms with Crippen molar-refractivity contribution in [2.24, 2.45) is 0 Å². The fraction of sp³-hybridized carbons (Fsp3) is 0.400. The van der Waals surface area contributed by atoms with E-state index in [9.17, 15) is 22.8 Å². The van der Waals surface area contributed by atoms with Gasteiger partial charge in [0.1, 0.15) is 10.6 Å².